The number of rotatable bonds is 3. The predicted octanol–water partition coefficient (Wildman–Crippen LogP) is 4.09. The van der Waals surface area contributed by atoms with Crippen LogP contribution in [-0.2, 0) is 6.54 Å². The second-order valence-electron chi connectivity index (χ2n) is 3.94. The second kappa shape index (κ2) is 4.70. The normalized spacial score (nSPS) is 10.7. The summed E-state index contributed by atoms with van der Waals surface area (Å²) in [6.07, 6.45) is 0. The van der Waals surface area contributed by atoms with Gasteiger partial charge in [0.2, 0.25) is 5.89 Å². The van der Waals surface area contributed by atoms with Gasteiger partial charge >= 0.3 is 0 Å². The third-order valence-corrected chi connectivity index (χ3v) is 2.84. The zero-order chi connectivity index (χ0) is 12.4. The molecule has 0 spiro atoms. The zero-order valence-electron chi connectivity index (χ0n) is 9.56. The Morgan fingerprint density at radius 2 is 2.00 bits per heavy atom. The molecule has 0 amide bonds. The van der Waals surface area contributed by atoms with Gasteiger partial charge in [-0.3, -0.25) is 0 Å². The van der Waals surface area contributed by atoms with E-state index in [2.05, 4.69) is 10.3 Å². The maximum Gasteiger partial charge on any atom is 0.214 e. The van der Waals surface area contributed by atoms with Crippen molar-refractivity contribution >= 4 is 28.4 Å². The molecule has 3 nitrogen and oxygen atoms in total. The predicted molar refractivity (Wildman–Crippen MR) is 72.8 cm³/mol. The molecule has 3 rings (SSSR count). The van der Waals surface area contributed by atoms with Crippen molar-refractivity contribution in [1.29, 1.82) is 0 Å². The number of aromatic nitrogens is 1. The molecule has 90 valence electrons. The number of halogens is 1. The summed E-state index contributed by atoms with van der Waals surface area (Å²) in [7, 11) is 0. The molecule has 0 aliphatic carbocycles. The van der Waals surface area contributed by atoms with Crippen molar-refractivity contribution in [2.75, 3.05) is 5.32 Å². The van der Waals surface area contributed by atoms with Crippen molar-refractivity contribution in [2.24, 2.45) is 0 Å². The maximum atomic E-state index is 5.91. The van der Waals surface area contributed by atoms with E-state index in [9.17, 15) is 0 Å². The molecule has 0 saturated carbocycles. The van der Waals surface area contributed by atoms with E-state index in [1.54, 1.807) is 0 Å². The first-order valence-corrected chi connectivity index (χ1v) is 6.03. The monoisotopic (exact) mass is 258 g/mol. The van der Waals surface area contributed by atoms with Crippen LogP contribution in [0.25, 0.3) is 11.1 Å². The fourth-order valence-electron chi connectivity index (χ4n) is 1.77. The minimum absolute atomic E-state index is 0.537. The number of nitrogens with zero attached hydrogens (tertiary/aromatic N) is 1. The van der Waals surface area contributed by atoms with Gasteiger partial charge in [-0.2, -0.15) is 0 Å². The van der Waals surface area contributed by atoms with E-state index in [4.69, 9.17) is 16.0 Å². The lowest BCUT2D eigenvalue weighted by Gasteiger charge is -2.03. The smallest absolute Gasteiger partial charge is 0.214 e. The van der Waals surface area contributed by atoms with Crippen molar-refractivity contribution in [3.05, 3.63) is 59.4 Å². The van der Waals surface area contributed by atoms with Crippen molar-refractivity contribution < 1.29 is 4.42 Å². The van der Waals surface area contributed by atoms with Crippen LogP contribution in [0.1, 0.15) is 5.89 Å². The largest absolute Gasteiger partial charge is 0.439 e. The Hall–Kier alpha value is -2.00. The molecule has 1 aromatic heterocycles. The molecule has 0 unspecified atom stereocenters. The number of nitrogens with one attached hydrogen (secondary N) is 1. The topological polar surface area (TPSA) is 38.1 Å². The third-order valence-electron chi connectivity index (χ3n) is 2.61. The fraction of sp³-hybridized carbons (Fsp3) is 0.0714. The quantitative estimate of drug-likeness (QED) is 0.769. The van der Waals surface area contributed by atoms with Crippen LogP contribution in [0.15, 0.2) is 52.9 Å². The second-order valence-corrected chi connectivity index (χ2v) is 4.38. The first-order valence-electron chi connectivity index (χ1n) is 5.65. The molecule has 3 aromatic rings. The van der Waals surface area contributed by atoms with Crippen LogP contribution < -0.4 is 5.32 Å². The van der Waals surface area contributed by atoms with E-state index >= 15 is 0 Å². The molecule has 0 aliphatic heterocycles. The average molecular weight is 259 g/mol. The van der Waals surface area contributed by atoms with Gasteiger partial charge in [0.05, 0.1) is 6.54 Å². The average Bonchev–Trinajstić information content (AvgIpc) is 2.79. The van der Waals surface area contributed by atoms with Crippen LogP contribution in [0.2, 0.25) is 5.02 Å². The van der Waals surface area contributed by atoms with Gasteiger partial charge in [-0.05, 0) is 30.3 Å². The molecule has 1 heterocycles. The maximum absolute atomic E-state index is 5.91. The summed E-state index contributed by atoms with van der Waals surface area (Å²) in [5.74, 6) is 0.663. The Labute approximate surface area is 109 Å². The number of fused-ring (bicyclic) bond motifs is 1. The van der Waals surface area contributed by atoms with Crippen LogP contribution in [-0.4, -0.2) is 4.98 Å². The number of hydrogen-bond acceptors (Lipinski definition) is 3. The van der Waals surface area contributed by atoms with Crippen molar-refractivity contribution in [3.63, 3.8) is 0 Å². The fourth-order valence-corrected chi connectivity index (χ4v) is 1.96. The van der Waals surface area contributed by atoms with E-state index in [1.807, 2.05) is 48.5 Å². The number of anilines is 1. The number of para-hydroxylation sites is 2. The SMILES string of the molecule is Clc1cccc(NCc2nc3ccccc3o2)c1. The number of benzene rings is 2. The van der Waals surface area contributed by atoms with E-state index in [0.29, 0.717) is 17.5 Å². The first-order chi connectivity index (χ1) is 8.81. The van der Waals surface area contributed by atoms with E-state index in [-0.39, 0.29) is 0 Å². The summed E-state index contributed by atoms with van der Waals surface area (Å²) in [6, 6.07) is 15.3. The van der Waals surface area contributed by atoms with Gasteiger partial charge in [0.25, 0.3) is 0 Å². The molecular formula is C14H11ClN2O. The molecule has 0 saturated heterocycles. The van der Waals surface area contributed by atoms with Gasteiger partial charge in [-0.1, -0.05) is 29.8 Å². The summed E-state index contributed by atoms with van der Waals surface area (Å²) in [5.41, 5.74) is 2.63. The lowest BCUT2D eigenvalue weighted by Crippen LogP contribution is -1.99. The lowest BCUT2D eigenvalue weighted by atomic mass is 10.3. The molecule has 1 N–H and O–H groups in total. The highest BCUT2D eigenvalue weighted by Crippen LogP contribution is 2.18. The molecule has 18 heavy (non-hydrogen) atoms. The summed E-state index contributed by atoms with van der Waals surface area (Å²) in [4.78, 5) is 4.39. The summed E-state index contributed by atoms with van der Waals surface area (Å²) in [6.45, 7) is 0.537. The highest BCUT2D eigenvalue weighted by atomic mass is 35.5. The van der Waals surface area contributed by atoms with Crippen LogP contribution in [0, 0.1) is 0 Å². The number of oxazole rings is 1. The standard InChI is InChI=1S/C14H11ClN2O/c15-10-4-3-5-11(8-10)16-9-14-17-12-6-1-2-7-13(12)18-14/h1-8,16H,9H2. The van der Waals surface area contributed by atoms with Crippen molar-refractivity contribution in [1.82, 2.24) is 4.98 Å². The number of hydrogen-bond donors (Lipinski definition) is 1. The Morgan fingerprint density at radius 3 is 2.83 bits per heavy atom. The summed E-state index contributed by atoms with van der Waals surface area (Å²) in [5, 5.41) is 3.93. The molecule has 4 heteroatoms. The molecule has 0 aliphatic rings. The van der Waals surface area contributed by atoms with Gasteiger partial charge < -0.3 is 9.73 Å². The van der Waals surface area contributed by atoms with Crippen molar-refractivity contribution in [2.45, 2.75) is 6.54 Å². The molecule has 0 atom stereocenters. The molecule has 2 aromatic carbocycles. The minimum Gasteiger partial charge on any atom is -0.439 e. The van der Waals surface area contributed by atoms with Crippen molar-refractivity contribution in [3.8, 4) is 0 Å². The van der Waals surface area contributed by atoms with E-state index in [1.165, 1.54) is 0 Å². The minimum atomic E-state index is 0.537. The zero-order valence-corrected chi connectivity index (χ0v) is 10.3. The highest BCUT2D eigenvalue weighted by molar-refractivity contribution is 6.30. The summed E-state index contributed by atoms with van der Waals surface area (Å²) < 4.78 is 5.61. The van der Waals surface area contributed by atoms with Gasteiger partial charge in [0.1, 0.15) is 5.52 Å². The molecular weight excluding hydrogens is 248 g/mol. The highest BCUT2D eigenvalue weighted by Gasteiger charge is 2.04. The molecule has 0 fully saturated rings. The van der Waals surface area contributed by atoms with E-state index in [0.717, 1.165) is 16.8 Å². The Morgan fingerprint density at radius 1 is 1.11 bits per heavy atom. The van der Waals surface area contributed by atoms with Gasteiger partial charge in [-0.15, -0.1) is 0 Å². The van der Waals surface area contributed by atoms with Crippen LogP contribution in [0.3, 0.4) is 0 Å². The molecule has 0 bridgehead atoms. The Kier molecular flexibility index (Phi) is 2.90. The third kappa shape index (κ3) is 2.31. The molecule has 0 radical (unpaired) electrons. The van der Waals surface area contributed by atoms with E-state index < -0.39 is 0 Å². The first kappa shape index (κ1) is 11.1. The van der Waals surface area contributed by atoms with Crippen LogP contribution in [0.4, 0.5) is 5.69 Å². The van der Waals surface area contributed by atoms with Gasteiger partial charge in [-0.25, -0.2) is 4.98 Å². The lowest BCUT2D eigenvalue weighted by molar-refractivity contribution is 0.540. The van der Waals surface area contributed by atoms with Crippen LogP contribution in [0.5, 0.6) is 0 Å². The Bertz CT molecular complexity index is 645. The van der Waals surface area contributed by atoms with Gasteiger partial charge in [0.15, 0.2) is 5.58 Å². The van der Waals surface area contributed by atoms with Crippen LogP contribution >= 0.6 is 11.6 Å². The summed E-state index contributed by atoms with van der Waals surface area (Å²) >= 11 is 5.91. The van der Waals surface area contributed by atoms with Gasteiger partial charge in [0, 0.05) is 10.7 Å². The Balaban J connectivity index is 1.76.